The van der Waals surface area contributed by atoms with Gasteiger partial charge in [0.2, 0.25) is 0 Å². The van der Waals surface area contributed by atoms with Gasteiger partial charge in [-0.25, -0.2) is 4.98 Å². The summed E-state index contributed by atoms with van der Waals surface area (Å²) in [7, 11) is 0. The zero-order chi connectivity index (χ0) is 23.6. The first-order chi connectivity index (χ1) is 17.3. The number of anilines is 2. The highest BCUT2D eigenvalue weighted by atomic mass is 16.1. The van der Waals surface area contributed by atoms with E-state index in [4.69, 9.17) is 4.98 Å². The van der Waals surface area contributed by atoms with Gasteiger partial charge in [-0.05, 0) is 67.4 Å². The molecule has 1 fully saturated rings. The first-order valence-electron chi connectivity index (χ1n) is 12.1. The lowest BCUT2D eigenvalue weighted by atomic mass is 10.1. The van der Waals surface area contributed by atoms with Gasteiger partial charge in [-0.1, -0.05) is 48.5 Å². The predicted molar refractivity (Wildman–Crippen MR) is 142 cm³/mol. The number of carbonyl (C=O) groups excluding carboxylic acids is 1. The molecule has 1 aromatic heterocycles. The second-order valence-electron chi connectivity index (χ2n) is 8.87. The van der Waals surface area contributed by atoms with Crippen LogP contribution in [0, 0.1) is 0 Å². The lowest BCUT2D eigenvalue weighted by Crippen LogP contribution is -2.18. The van der Waals surface area contributed by atoms with Gasteiger partial charge < -0.3 is 10.2 Å². The standard InChI is InChI=1S/C30H26N4O/c35-30(23-13-16-25(17-14-23)33-19-7-8-20-33)31-24-15-18-28-27(21-24)32-29(22-9-3-1-4-10-22)34(28)26-11-5-2-6-12-26/h1-6,9-18,21H,7-8,19-20H2,(H,31,35). The minimum atomic E-state index is -0.122. The van der Waals surface area contributed by atoms with Crippen LogP contribution in [-0.2, 0) is 0 Å². The van der Waals surface area contributed by atoms with Crippen LogP contribution in [0.1, 0.15) is 23.2 Å². The molecule has 1 saturated heterocycles. The topological polar surface area (TPSA) is 50.2 Å². The van der Waals surface area contributed by atoms with E-state index < -0.39 is 0 Å². The summed E-state index contributed by atoms with van der Waals surface area (Å²) < 4.78 is 2.16. The van der Waals surface area contributed by atoms with Crippen molar-refractivity contribution in [2.45, 2.75) is 12.8 Å². The summed E-state index contributed by atoms with van der Waals surface area (Å²) >= 11 is 0. The fraction of sp³-hybridized carbons (Fsp3) is 0.133. The lowest BCUT2D eigenvalue weighted by molar-refractivity contribution is 0.102. The molecule has 0 aliphatic carbocycles. The van der Waals surface area contributed by atoms with E-state index >= 15 is 0 Å². The van der Waals surface area contributed by atoms with Crippen molar-refractivity contribution in [3.8, 4) is 17.1 Å². The van der Waals surface area contributed by atoms with Gasteiger partial charge in [0, 0.05) is 41.3 Å². The third-order valence-electron chi connectivity index (χ3n) is 6.56. The largest absolute Gasteiger partial charge is 0.372 e. The molecule has 0 spiro atoms. The number of amides is 1. The highest BCUT2D eigenvalue weighted by Crippen LogP contribution is 2.30. The van der Waals surface area contributed by atoms with E-state index in [0.717, 1.165) is 46.9 Å². The van der Waals surface area contributed by atoms with Gasteiger partial charge in [0.05, 0.1) is 11.0 Å². The van der Waals surface area contributed by atoms with Gasteiger partial charge in [0.25, 0.3) is 5.91 Å². The molecule has 0 radical (unpaired) electrons. The quantitative estimate of drug-likeness (QED) is 0.325. The molecule has 0 saturated carbocycles. The van der Waals surface area contributed by atoms with E-state index in [1.807, 2.05) is 78.9 Å². The molecule has 5 nitrogen and oxygen atoms in total. The first-order valence-corrected chi connectivity index (χ1v) is 12.1. The Morgan fingerprint density at radius 1 is 0.743 bits per heavy atom. The van der Waals surface area contributed by atoms with Crippen molar-refractivity contribution in [3.05, 3.63) is 109 Å². The van der Waals surface area contributed by atoms with Crippen molar-refractivity contribution in [1.29, 1.82) is 0 Å². The van der Waals surface area contributed by atoms with Crippen LogP contribution >= 0.6 is 0 Å². The lowest BCUT2D eigenvalue weighted by Gasteiger charge is -2.17. The molecule has 172 valence electrons. The Morgan fingerprint density at radius 3 is 2.14 bits per heavy atom. The van der Waals surface area contributed by atoms with Crippen molar-refractivity contribution >= 4 is 28.3 Å². The van der Waals surface area contributed by atoms with E-state index in [9.17, 15) is 4.79 Å². The number of benzene rings is 4. The average Bonchev–Trinajstić information content (AvgIpc) is 3.58. The van der Waals surface area contributed by atoms with E-state index in [1.54, 1.807) is 0 Å². The Morgan fingerprint density at radius 2 is 1.43 bits per heavy atom. The number of hydrogen-bond donors (Lipinski definition) is 1. The van der Waals surface area contributed by atoms with Crippen LogP contribution < -0.4 is 10.2 Å². The third-order valence-corrected chi connectivity index (χ3v) is 6.56. The van der Waals surface area contributed by atoms with Crippen molar-refractivity contribution in [1.82, 2.24) is 9.55 Å². The highest BCUT2D eigenvalue weighted by Gasteiger charge is 2.16. The van der Waals surface area contributed by atoms with Gasteiger partial charge >= 0.3 is 0 Å². The van der Waals surface area contributed by atoms with Gasteiger partial charge in [-0.15, -0.1) is 0 Å². The first kappa shape index (κ1) is 21.2. The van der Waals surface area contributed by atoms with Gasteiger partial charge in [0.1, 0.15) is 5.82 Å². The summed E-state index contributed by atoms with van der Waals surface area (Å²) in [6, 6.07) is 34.2. The maximum absolute atomic E-state index is 12.9. The van der Waals surface area contributed by atoms with Gasteiger partial charge in [-0.3, -0.25) is 9.36 Å². The van der Waals surface area contributed by atoms with Crippen molar-refractivity contribution in [2.24, 2.45) is 0 Å². The second-order valence-corrected chi connectivity index (χ2v) is 8.87. The average molecular weight is 459 g/mol. The van der Waals surface area contributed by atoms with Crippen LogP contribution in [0.15, 0.2) is 103 Å². The molecule has 1 aliphatic heterocycles. The number of carbonyl (C=O) groups is 1. The summed E-state index contributed by atoms with van der Waals surface area (Å²) in [6.07, 6.45) is 2.47. The van der Waals surface area contributed by atoms with E-state index in [2.05, 4.69) is 39.0 Å². The molecule has 0 bridgehead atoms. The van der Waals surface area contributed by atoms with Crippen LogP contribution in [0.3, 0.4) is 0 Å². The Hall–Kier alpha value is -4.38. The molecule has 0 unspecified atom stereocenters. The maximum atomic E-state index is 12.9. The number of nitrogens with one attached hydrogen (secondary N) is 1. The number of fused-ring (bicyclic) bond motifs is 1. The van der Waals surface area contributed by atoms with E-state index in [-0.39, 0.29) is 5.91 Å². The van der Waals surface area contributed by atoms with Crippen LogP contribution in [0.2, 0.25) is 0 Å². The summed E-state index contributed by atoms with van der Waals surface area (Å²) in [4.78, 5) is 20.3. The number of para-hydroxylation sites is 1. The summed E-state index contributed by atoms with van der Waals surface area (Å²) in [5.74, 6) is 0.746. The molecule has 35 heavy (non-hydrogen) atoms. The normalized spacial score (nSPS) is 13.3. The molecule has 5 heteroatoms. The Labute approximate surface area is 204 Å². The van der Waals surface area contributed by atoms with Gasteiger partial charge in [-0.2, -0.15) is 0 Å². The van der Waals surface area contributed by atoms with E-state index in [0.29, 0.717) is 5.56 Å². The maximum Gasteiger partial charge on any atom is 0.255 e. The number of rotatable bonds is 5. The zero-order valence-corrected chi connectivity index (χ0v) is 19.4. The molecular weight excluding hydrogens is 432 g/mol. The Balaban J connectivity index is 1.32. The molecule has 5 aromatic rings. The zero-order valence-electron chi connectivity index (χ0n) is 19.4. The molecule has 1 aliphatic rings. The molecule has 0 atom stereocenters. The molecule has 1 amide bonds. The van der Waals surface area contributed by atoms with Crippen molar-refractivity contribution < 1.29 is 4.79 Å². The molecule has 2 heterocycles. The van der Waals surface area contributed by atoms with Crippen LogP contribution in [0.25, 0.3) is 28.1 Å². The predicted octanol–water partition coefficient (Wildman–Crippen LogP) is 6.55. The fourth-order valence-electron chi connectivity index (χ4n) is 4.78. The fourth-order valence-corrected chi connectivity index (χ4v) is 4.78. The third kappa shape index (κ3) is 4.17. The minimum absolute atomic E-state index is 0.122. The number of hydrogen-bond acceptors (Lipinski definition) is 3. The second kappa shape index (κ2) is 9.11. The number of aromatic nitrogens is 2. The van der Waals surface area contributed by atoms with Crippen molar-refractivity contribution in [2.75, 3.05) is 23.3 Å². The van der Waals surface area contributed by atoms with E-state index in [1.165, 1.54) is 18.5 Å². The molecule has 1 N–H and O–H groups in total. The van der Waals surface area contributed by atoms with Crippen LogP contribution in [-0.4, -0.2) is 28.5 Å². The SMILES string of the molecule is O=C(Nc1ccc2c(c1)nc(-c1ccccc1)n2-c1ccccc1)c1ccc(N2CCCC2)cc1. The number of imidazole rings is 1. The summed E-state index contributed by atoms with van der Waals surface area (Å²) in [6.45, 7) is 2.18. The van der Waals surface area contributed by atoms with Gasteiger partial charge in [0.15, 0.2) is 0 Å². The highest BCUT2D eigenvalue weighted by molar-refractivity contribution is 6.05. The Kier molecular flexibility index (Phi) is 5.51. The minimum Gasteiger partial charge on any atom is -0.372 e. The Bertz CT molecular complexity index is 1470. The molecule has 4 aromatic carbocycles. The molecule has 6 rings (SSSR count). The summed E-state index contributed by atoms with van der Waals surface area (Å²) in [5, 5.41) is 3.05. The van der Waals surface area contributed by atoms with Crippen LogP contribution in [0.4, 0.5) is 11.4 Å². The molecular formula is C30H26N4O. The monoisotopic (exact) mass is 458 g/mol. The van der Waals surface area contributed by atoms with Crippen LogP contribution in [0.5, 0.6) is 0 Å². The van der Waals surface area contributed by atoms with Crippen molar-refractivity contribution in [3.63, 3.8) is 0 Å². The summed E-state index contributed by atoms with van der Waals surface area (Å²) in [5.41, 5.74) is 6.45. The smallest absolute Gasteiger partial charge is 0.255 e. The number of nitrogens with zero attached hydrogens (tertiary/aromatic N) is 3.